The van der Waals surface area contributed by atoms with Crippen LogP contribution in [-0.2, 0) is 9.47 Å². The van der Waals surface area contributed by atoms with Crippen molar-refractivity contribution in [3.05, 3.63) is 0 Å². The third-order valence-electron chi connectivity index (χ3n) is 3.76. The summed E-state index contributed by atoms with van der Waals surface area (Å²) in [5, 5.41) is 9.85. The van der Waals surface area contributed by atoms with Gasteiger partial charge in [-0.3, -0.25) is 0 Å². The lowest BCUT2D eigenvalue weighted by Crippen LogP contribution is -2.61. The van der Waals surface area contributed by atoms with Crippen LogP contribution in [0.4, 0.5) is 4.79 Å². The van der Waals surface area contributed by atoms with E-state index in [0.717, 1.165) is 19.3 Å². The van der Waals surface area contributed by atoms with Crippen LogP contribution in [0.5, 0.6) is 0 Å². The SMILES string of the molecule is CC(C)(C)OC(=O)N1CCCCC12COCC(O)C2. The van der Waals surface area contributed by atoms with E-state index < -0.39 is 11.7 Å². The summed E-state index contributed by atoms with van der Waals surface area (Å²) in [4.78, 5) is 14.1. The molecule has 2 unspecified atom stereocenters. The van der Waals surface area contributed by atoms with Gasteiger partial charge in [0.25, 0.3) is 0 Å². The molecule has 1 N–H and O–H groups in total. The van der Waals surface area contributed by atoms with Crippen LogP contribution < -0.4 is 0 Å². The highest BCUT2D eigenvalue weighted by atomic mass is 16.6. The zero-order chi connectivity index (χ0) is 14.1. The number of hydrogen-bond acceptors (Lipinski definition) is 4. The summed E-state index contributed by atoms with van der Waals surface area (Å²) in [6.07, 6.45) is 2.74. The largest absolute Gasteiger partial charge is 0.444 e. The number of amides is 1. The molecule has 0 aliphatic carbocycles. The van der Waals surface area contributed by atoms with Gasteiger partial charge in [-0.15, -0.1) is 0 Å². The first-order valence-electron chi connectivity index (χ1n) is 7.09. The van der Waals surface area contributed by atoms with Crippen LogP contribution >= 0.6 is 0 Å². The van der Waals surface area contributed by atoms with Crippen LogP contribution in [-0.4, -0.2) is 53.1 Å². The van der Waals surface area contributed by atoms with Crippen LogP contribution in [0.25, 0.3) is 0 Å². The molecule has 0 bridgehead atoms. The highest BCUT2D eigenvalue weighted by Crippen LogP contribution is 2.36. The van der Waals surface area contributed by atoms with Crippen LogP contribution in [0.1, 0.15) is 46.5 Å². The molecular formula is C14H25NO4. The number of ether oxygens (including phenoxy) is 2. The molecule has 2 atom stereocenters. The molecule has 5 nitrogen and oxygen atoms in total. The van der Waals surface area contributed by atoms with Crippen LogP contribution in [0, 0.1) is 0 Å². The van der Waals surface area contributed by atoms with Gasteiger partial charge in [0.1, 0.15) is 5.60 Å². The fourth-order valence-electron chi connectivity index (χ4n) is 3.00. The van der Waals surface area contributed by atoms with Gasteiger partial charge in [0.2, 0.25) is 0 Å². The molecule has 2 heterocycles. The highest BCUT2D eigenvalue weighted by Gasteiger charge is 2.46. The summed E-state index contributed by atoms with van der Waals surface area (Å²) >= 11 is 0. The molecule has 2 aliphatic heterocycles. The van der Waals surface area contributed by atoms with Gasteiger partial charge < -0.3 is 19.5 Å². The van der Waals surface area contributed by atoms with E-state index in [0.29, 0.717) is 26.2 Å². The van der Waals surface area contributed by atoms with Crippen molar-refractivity contribution in [1.82, 2.24) is 4.90 Å². The lowest BCUT2D eigenvalue weighted by Gasteiger charge is -2.49. The Morgan fingerprint density at radius 1 is 1.42 bits per heavy atom. The van der Waals surface area contributed by atoms with Gasteiger partial charge >= 0.3 is 6.09 Å². The van der Waals surface area contributed by atoms with Crippen molar-refractivity contribution in [2.75, 3.05) is 19.8 Å². The Hall–Kier alpha value is -0.810. The zero-order valence-corrected chi connectivity index (χ0v) is 12.1. The van der Waals surface area contributed by atoms with Crippen molar-refractivity contribution in [2.45, 2.75) is 63.7 Å². The maximum Gasteiger partial charge on any atom is 0.410 e. The minimum Gasteiger partial charge on any atom is -0.444 e. The molecule has 0 radical (unpaired) electrons. The van der Waals surface area contributed by atoms with Crippen molar-refractivity contribution in [2.24, 2.45) is 0 Å². The fourth-order valence-corrected chi connectivity index (χ4v) is 3.00. The molecule has 2 aliphatic rings. The van der Waals surface area contributed by atoms with Gasteiger partial charge in [-0.25, -0.2) is 4.79 Å². The Morgan fingerprint density at radius 2 is 2.16 bits per heavy atom. The average molecular weight is 271 g/mol. The molecule has 1 amide bonds. The molecule has 1 spiro atoms. The summed E-state index contributed by atoms with van der Waals surface area (Å²) in [5.74, 6) is 0. The Kier molecular flexibility index (Phi) is 4.06. The first-order valence-corrected chi connectivity index (χ1v) is 7.09. The third-order valence-corrected chi connectivity index (χ3v) is 3.76. The highest BCUT2D eigenvalue weighted by molar-refractivity contribution is 5.69. The number of nitrogens with zero attached hydrogens (tertiary/aromatic N) is 1. The summed E-state index contributed by atoms with van der Waals surface area (Å²) in [7, 11) is 0. The van der Waals surface area contributed by atoms with Gasteiger partial charge in [0, 0.05) is 13.0 Å². The Balaban J connectivity index is 2.13. The van der Waals surface area contributed by atoms with Gasteiger partial charge in [0.05, 0.1) is 24.9 Å². The molecule has 0 saturated carbocycles. The van der Waals surface area contributed by atoms with Gasteiger partial charge in [-0.05, 0) is 40.0 Å². The van der Waals surface area contributed by atoms with Crippen LogP contribution in [0.15, 0.2) is 0 Å². The summed E-state index contributed by atoms with van der Waals surface area (Å²) in [6.45, 7) is 7.16. The van der Waals surface area contributed by atoms with Gasteiger partial charge in [-0.2, -0.15) is 0 Å². The molecule has 2 saturated heterocycles. The standard InChI is InChI=1S/C14H25NO4/c1-13(2,3)19-12(17)15-7-5-4-6-14(15)8-11(16)9-18-10-14/h11,16H,4-10H2,1-3H3. The maximum atomic E-state index is 12.4. The van der Waals surface area contributed by atoms with E-state index in [1.807, 2.05) is 20.8 Å². The van der Waals surface area contributed by atoms with Crippen molar-refractivity contribution < 1.29 is 19.4 Å². The number of piperidine rings is 1. The van der Waals surface area contributed by atoms with Crippen molar-refractivity contribution in [3.63, 3.8) is 0 Å². The number of rotatable bonds is 0. The van der Waals surface area contributed by atoms with Gasteiger partial charge in [0.15, 0.2) is 0 Å². The number of aliphatic hydroxyl groups excluding tert-OH is 1. The van der Waals surface area contributed by atoms with E-state index in [4.69, 9.17) is 9.47 Å². The summed E-state index contributed by atoms with van der Waals surface area (Å²) in [5.41, 5.74) is -0.873. The molecule has 110 valence electrons. The molecule has 5 heteroatoms. The predicted octanol–water partition coefficient (Wildman–Crippen LogP) is 1.93. The van der Waals surface area contributed by atoms with E-state index in [1.54, 1.807) is 4.90 Å². The Morgan fingerprint density at radius 3 is 2.79 bits per heavy atom. The van der Waals surface area contributed by atoms with Crippen LogP contribution in [0.2, 0.25) is 0 Å². The fraction of sp³-hybridized carbons (Fsp3) is 0.929. The number of carbonyl (C=O) groups is 1. The summed E-state index contributed by atoms with van der Waals surface area (Å²) in [6, 6.07) is 0. The van der Waals surface area contributed by atoms with Crippen molar-refractivity contribution >= 4 is 6.09 Å². The quantitative estimate of drug-likeness (QED) is 0.731. The number of aliphatic hydroxyl groups is 1. The first kappa shape index (κ1) is 14.6. The van der Waals surface area contributed by atoms with E-state index >= 15 is 0 Å². The monoisotopic (exact) mass is 271 g/mol. The zero-order valence-electron chi connectivity index (χ0n) is 12.1. The minimum absolute atomic E-state index is 0.287. The third kappa shape index (κ3) is 3.39. The van der Waals surface area contributed by atoms with E-state index in [-0.39, 0.29) is 11.6 Å². The molecule has 2 rings (SSSR count). The average Bonchev–Trinajstić information content (AvgIpc) is 2.26. The number of likely N-dealkylation sites (tertiary alicyclic amines) is 1. The van der Waals surface area contributed by atoms with Crippen LogP contribution in [0.3, 0.4) is 0 Å². The topological polar surface area (TPSA) is 59.0 Å². The molecule has 0 aromatic heterocycles. The Bertz CT molecular complexity index is 335. The second kappa shape index (κ2) is 5.29. The summed E-state index contributed by atoms with van der Waals surface area (Å²) < 4.78 is 11.0. The van der Waals surface area contributed by atoms with E-state index in [2.05, 4.69) is 0 Å². The maximum absolute atomic E-state index is 12.4. The predicted molar refractivity (Wildman–Crippen MR) is 71.0 cm³/mol. The van der Waals surface area contributed by atoms with Crippen molar-refractivity contribution in [1.29, 1.82) is 0 Å². The second-order valence-electron chi connectivity index (χ2n) is 6.69. The first-order chi connectivity index (χ1) is 8.82. The lowest BCUT2D eigenvalue weighted by molar-refractivity contribution is -0.115. The van der Waals surface area contributed by atoms with E-state index in [9.17, 15) is 9.90 Å². The van der Waals surface area contributed by atoms with Crippen molar-refractivity contribution in [3.8, 4) is 0 Å². The molecule has 0 aromatic carbocycles. The molecular weight excluding hydrogens is 246 g/mol. The minimum atomic E-state index is -0.496. The van der Waals surface area contributed by atoms with Gasteiger partial charge in [-0.1, -0.05) is 0 Å². The normalized spacial score (nSPS) is 32.4. The van der Waals surface area contributed by atoms with E-state index in [1.165, 1.54) is 0 Å². The smallest absolute Gasteiger partial charge is 0.410 e. The second-order valence-corrected chi connectivity index (χ2v) is 6.69. The Labute approximate surface area is 114 Å². The molecule has 19 heavy (non-hydrogen) atoms. The molecule has 0 aromatic rings. The number of hydrogen-bond donors (Lipinski definition) is 1. The number of carbonyl (C=O) groups excluding carboxylic acids is 1. The molecule has 2 fully saturated rings. The lowest BCUT2D eigenvalue weighted by atomic mass is 9.81.